The number of carbonyl (C=O) groups excluding carboxylic acids is 2. The number of carbonyl (C=O) groups is 2. The molecule has 9 nitrogen and oxygen atoms in total. The molecule has 1 aliphatic rings. The number of rotatable bonds is 9. The summed E-state index contributed by atoms with van der Waals surface area (Å²) in [5, 5.41) is 10.0. The number of hydrogen-bond acceptors (Lipinski definition) is 7. The molecule has 1 aromatic rings. The Morgan fingerprint density at radius 3 is 1.85 bits per heavy atom. The molecule has 19 heteroatoms. The largest absolute Gasteiger partial charge is 0.494 e. The number of ether oxygens (including phenoxy) is 2. The van der Waals surface area contributed by atoms with E-state index in [9.17, 15) is 57.5 Å². The Hall–Kier alpha value is -2.80. The van der Waals surface area contributed by atoms with Crippen molar-refractivity contribution in [2.45, 2.75) is 47.4 Å². The van der Waals surface area contributed by atoms with Gasteiger partial charge in [-0.05, 0) is 43.5 Å². The topological polar surface area (TPSA) is 131 Å². The Labute approximate surface area is 214 Å². The molecule has 0 aliphatic carbocycles. The molecule has 222 valence electrons. The second-order valence-corrected chi connectivity index (χ2v) is 10.5. The number of halogens is 9. The minimum atomic E-state index is -7.03. The zero-order valence-corrected chi connectivity index (χ0v) is 20.3. The Balaban J connectivity index is 2.05. The summed E-state index contributed by atoms with van der Waals surface area (Å²) in [6.45, 7) is -1.74. The fourth-order valence-electron chi connectivity index (χ4n) is 3.83. The molecular formula is C20H21F9N2O7S. The normalized spacial score (nSPS) is 16.9. The van der Waals surface area contributed by atoms with Crippen LogP contribution in [0.1, 0.15) is 19.3 Å². The summed E-state index contributed by atoms with van der Waals surface area (Å²) in [5.74, 6) is -4.58. The third kappa shape index (κ3) is 5.88. The Morgan fingerprint density at radius 2 is 1.41 bits per heavy atom. The van der Waals surface area contributed by atoms with E-state index in [-0.39, 0.29) is 36.7 Å². The van der Waals surface area contributed by atoms with Crippen LogP contribution in [0.4, 0.5) is 39.5 Å². The fourth-order valence-corrected chi connectivity index (χ4v) is 5.77. The molecule has 39 heavy (non-hydrogen) atoms. The maximum absolute atomic E-state index is 13.1. The highest BCUT2D eigenvalue weighted by atomic mass is 32.2. The molecule has 0 atom stereocenters. The Morgan fingerprint density at radius 1 is 0.923 bits per heavy atom. The molecule has 3 N–H and O–H groups in total. The Bertz CT molecular complexity index is 1090. The fraction of sp³-hybridized carbons (Fsp3) is 0.600. The van der Waals surface area contributed by atoms with E-state index in [0.29, 0.717) is 0 Å². The van der Waals surface area contributed by atoms with Gasteiger partial charge >= 0.3 is 23.9 Å². The molecule has 0 bridgehead atoms. The van der Waals surface area contributed by atoms with Crippen molar-refractivity contribution in [3.05, 3.63) is 24.3 Å². The second kappa shape index (κ2) is 11.4. The first kappa shape index (κ1) is 32.4. The molecule has 1 aromatic carbocycles. The minimum absolute atomic E-state index is 0.0665. The van der Waals surface area contributed by atoms with Crippen LogP contribution in [0.5, 0.6) is 5.75 Å². The molecule has 0 radical (unpaired) electrons. The maximum atomic E-state index is 13.1. The number of nitrogens with one attached hydrogen (secondary N) is 2. The first-order chi connectivity index (χ1) is 17.8. The first-order valence-electron chi connectivity index (χ1n) is 10.8. The average molecular weight is 604 g/mol. The quantitative estimate of drug-likeness (QED) is 0.171. The second-order valence-electron chi connectivity index (χ2n) is 8.22. The number of alkyl halides is 9. The predicted molar refractivity (Wildman–Crippen MR) is 110 cm³/mol. The molecule has 1 heterocycles. The van der Waals surface area contributed by atoms with E-state index in [2.05, 4.69) is 0 Å². The van der Waals surface area contributed by atoms with Gasteiger partial charge in [0.25, 0.3) is 11.8 Å². The maximum Gasteiger partial charge on any atom is 0.421 e. The van der Waals surface area contributed by atoms with Gasteiger partial charge in [0.1, 0.15) is 5.75 Å². The van der Waals surface area contributed by atoms with E-state index in [1.165, 1.54) is 5.48 Å². The van der Waals surface area contributed by atoms with Crippen molar-refractivity contribution < 1.29 is 72.2 Å². The molecule has 1 saturated heterocycles. The van der Waals surface area contributed by atoms with Gasteiger partial charge in [0, 0.05) is 19.8 Å². The predicted octanol–water partition coefficient (Wildman–Crippen LogP) is 3.07. The monoisotopic (exact) mass is 604 g/mol. The number of hydroxylamine groups is 1. The molecule has 2 rings (SSSR count). The van der Waals surface area contributed by atoms with E-state index in [4.69, 9.17) is 14.7 Å². The van der Waals surface area contributed by atoms with Gasteiger partial charge in [-0.2, -0.15) is 39.5 Å². The average Bonchev–Trinajstić information content (AvgIpc) is 2.81. The van der Waals surface area contributed by atoms with E-state index in [1.807, 2.05) is 0 Å². The van der Waals surface area contributed by atoms with Gasteiger partial charge in [0.05, 0.1) is 11.5 Å². The van der Waals surface area contributed by atoms with Crippen LogP contribution in [0.3, 0.4) is 0 Å². The van der Waals surface area contributed by atoms with Gasteiger partial charge in [0.15, 0.2) is 14.6 Å². The molecule has 0 saturated carbocycles. The smallest absolute Gasteiger partial charge is 0.421 e. The van der Waals surface area contributed by atoms with Gasteiger partial charge in [0.2, 0.25) is 0 Å². The van der Waals surface area contributed by atoms with Crippen molar-refractivity contribution >= 4 is 21.7 Å². The lowest BCUT2D eigenvalue weighted by Crippen LogP contribution is -2.67. The van der Waals surface area contributed by atoms with Crippen molar-refractivity contribution in [1.29, 1.82) is 0 Å². The molecule has 1 fully saturated rings. The van der Waals surface area contributed by atoms with Gasteiger partial charge in [-0.3, -0.25) is 14.8 Å². The number of amides is 2. The van der Waals surface area contributed by atoms with Crippen molar-refractivity contribution in [3.63, 3.8) is 0 Å². The van der Waals surface area contributed by atoms with E-state index >= 15 is 0 Å². The van der Waals surface area contributed by atoms with Gasteiger partial charge in [-0.25, -0.2) is 13.9 Å². The van der Waals surface area contributed by atoms with Crippen LogP contribution in [0.25, 0.3) is 0 Å². The molecule has 0 unspecified atom stereocenters. The molecular weight excluding hydrogens is 583 g/mol. The number of benzene rings is 1. The minimum Gasteiger partial charge on any atom is -0.494 e. The summed E-state index contributed by atoms with van der Waals surface area (Å²) in [6.07, 6.45) is -22.2. The highest BCUT2D eigenvalue weighted by Gasteiger charge is 2.87. The SMILES string of the molecule is O=C(NCCCOc1ccc(S(=O)(=O)C2(C(=O)NO)CCOCC2)cc1)C(C(F)(F)F)(C(F)(F)F)C(F)(F)F. The van der Waals surface area contributed by atoms with Crippen molar-refractivity contribution in [3.8, 4) is 5.75 Å². The van der Waals surface area contributed by atoms with Gasteiger partial charge in [-0.1, -0.05) is 0 Å². The third-order valence-corrected chi connectivity index (χ3v) is 8.47. The summed E-state index contributed by atoms with van der Waals surface area (Å²) in [5.41, 5.74) is -5.31. The van der Waals surface area contributed by atoms with E-state index < -0.39 is 69.9 Å². The summed E-state index contributed by atoms with van der Waals surface area (Å²) in [7, 11) is -4.37. The number of sulfone groups is 1. The van der Waals surface area contributed by atoms with Crippen LogP contribution in [0.2, 0.25) is 0 Å². The van der Waals surface area contributed by atoms with E-state index in [0.717, 1.165) is 29.6 Å². The number of hydrogen-bond donors (Lipinski definition) is 3. The van der Waals surface area contributed by atoms with Crippen LogP contribution >= 0.6 is 0 Å². The zero-order chi connectivity index (χ0) is 29.9. The standard InChI is InChI=1S/C20H21F9N2O7S/c21-18(22,23)17(19(24,25)26,20(27,28)29)15(33)30-8-1-9-38-12-2-4-13(5-3-12)39(35,36)16(14(32)31-34)6-10-37-11-7-16/h2-5,34H,1,6-11H2,(H,30,33)(H,31,32). The van der Waals surface area contributed by atoms with Crippen LogP contribution in [0, 0.1) is 5.41 Å². The van der Waals surface area contributed by atoms with Crippen LogP contribution in [0.15, 0.2) is 29.2 Å². The summed E-state index contributed by atoms with van der Waals surface area (Å²) in [4.78, 5) is 23.4. The van der Waals surface area contributed by atoms with Gasteiger partial charge in [-0.15, -0.1) is 0 Å². The summed E-state index contributed by atoms with van der Waals surface area (Å²) < 4.78 is 151. The van der Waals surface area contributed by atoms with E-state index in [1.54, 1.807) is 0 Å². The Kier molecular flexibility index (Phi) is 9.44. The summed E-state index contributed by atoms with van der Waals surface area (Å²) >= 11 is 0. The lowest BCUT2D eigenvalue weighted by atomic mass is 9.84. The van der Waals surface area contributed by atoms with Crippen molar-refractivity contribution in [2.24, 2.45) is 5.41 Å². The lowest BCUT2D eigenvalue weighted by molar-refractivity contribution is -0.406. The first-order valence-corrected chi connectivity index (χ1v) is 12.3. The highest BCUT2D eigenvalue weighted by Crippen LogP contribution is 2.59. The van der Waals surface area contributed by atoms with Crippen LogP contribution in [-0.4, -0.2) is 75.1 Å². The van der Waals surface area contributed by atoms with Crippen molar-refractivity contribution in [2.75, 3.05) is 26.4 Å². The molecule has 0 aromatic heterocycles. The molecule has 1 aliphatic heterocycles. The third-order valence-electron chi connectivity index (χ3n) is 5.96. The van der Waals surface area contributed by atoms with Crippen LogP contribution in [-0.2, 0) is 24.2 Å². The molecule has 0 spiro atoms. The van der Waals surface area contributed by atoms with Gasteiger partial charge < -0.3 is 14.8 Å². The van der Waals surface area contributed by atoms with Crippen LogP contribution < -0.4 is 15.5 Å². The lowest BCUT2D eigenvalue weighted by Gasteiger charge is -2.36. The highest BCUT2D eigenvalue weighted by molar-refractivity contribution is 7.93. The molecule has 2 amide bonds. The summed E-state index contributed by atoms with van der Waals surface area (Å²) in [6, 6.07) is 4.24. The zero-order valence-electron chi connectivity index (χ0n) is 19.5. The van der Waals surface area contributed by atoms with Crippen molar-refractivity contribution in [1.82, 2.24) is 10.8 Å².